The summed E-state index contributed by atoms with van der Waals surface area (Å²) in [5.74, 6) is -0.0148. The lowest BCUT2D eigenvalue weighted by molar-refractivity contribution is -0.385. The number of carbonyl (C=O) groups is 1. The van der Waals surface area contributed by atoms with Crippen LogP contribution in [-0.2, 0) is 16.0 Å². The van der Waals surface area contributed by atoms with Crippen molar-refractivity contribution in [3.8, 4) is 0 Å². The van der Waals surface area contributed by atoms with E-state index in [-0.39, 0.29) is 11.4 Å². The van der Waals surface area contributed by atoms with Gasteiger partial charge in [-0.2, -0.15) is 0 Å². The van der Waals surface area contributed by atoms with Crippen LogP contribution in [-0.4, -0.2) is 27.5 Å². The van der Waals surface area contributed by atoms with Crippen LogP contribution in [0.1, 0.15) is 32.0 Å². The van der Waals surface area contributed by atoms with E-state index >= 15 is 0 Å². The van der Waals surface area contributed by atoms with Gasteiger partial charge in [0, 0.05) is 12.5 Å². The maximum absolute atomic E-state index is 12.6. The van der Waals surface area contributed by atoms with E-state index in [1.54, 1.807) is 27.7 Å². The third-order valence-corrected chi connectivity index (χ3v) is 3.55. The van der Waals surface area contributed by atoms with E-state index in [4.69, 9.17) is 4.74 Å². The molecule has 0 aliphatic rings. The monoisotopic (exact) mass is 357 g/mol. The molecule has 0 saturated carbocycles. The number of aromatic nitrogens is 1. The molecule has 0 aliphatic carbocycles. The van der Waals surface area contributed by atoms with E-state index in [9.17, 15) is 14.9 Å². The summed E-state index contributed by atoms with van der Waals surface area (Å²) in [6.45, 7) is 6.97. The van der Waals surface area contributed by atoms with E-state index in [1.807, 2.05) is 30.3 Å². The quantitative estimate of drug-likeness (QED) is 0.482. The lowest BCUT2D eigenvalue weighted by Gasteiger charge is -2.25. The molecule has 0 bridgehead atoms. The smallest absolute Gasteiger partial charge is 0.329 e. The molecule has 7 nitrogen and oxygen atoms in total. The highest BCUT2D eigenvalue weighted by Gasteiger charge is 2.26. The van der Waals surface area contributed by atoms with Gasteiger partial charge in [-0.3, -0.25) is 10.1 Å². The van der Waals surface area contributed by atoms with Gasteiger partial charge >= 0.3 is 5.97 Å². The van der Waals surface area contributed by atoms with Gasteiger partial charge in [-0.1, -0.05) is 30.3 Å². The number of nitro groups is 1. The zero-order valence-electron chi connectivity index (χ0n) is 15.4. The van der Waals surface area contributed by atoms with Gasteiger partial charge in [0.1, 0.15) is 23.2 Å². The average molecular weight is 357 g/mol. The third kappa shape index (κ3) is 5.54. The molecular formula is C19H23N3O4. The van der Waals surface area contributed by atoms with Crippen molar-refractivity contribution in [2.75, 3.05) is 5.32 Å². The number of benzene rings is 1. The molecule has 7 heteroatoms. The molecule has 0 spiro atoms. The van der Waals surface area contributed by atoms with Gasteiger partial charge < -0.3 is 10.1 Å². The Morgan fingerprint density at radius 1 is 1.23 bits per heavy atom. The summed E-state index contributed by atoms with van der Waals surface area (Å²) < 4.78 is 5.50. The van der Waals surface area contributed by atoms with Crippen LogP contribution in [0.3, 0.4) is 0 Å². The summed E-state index contributed by atoms with van der Waals surface area (Å²) in [5.41, 5.74) is 0.566. The molecule has 1 heterocycles. The second-order valence-corrected chi connectivity index (χ2v) is 6.98. The summed E-state index contributed by atoms with van der Waals surface area (Å²) in [6, 6.07) is 11.8. The van der Waals surface area contributed by atoms with E-state index in [2.05, 4.69) is 10.3 Å². The Bertz CT molecular complexity index is 785. The number of hydrogen-bond acceptors (Lipinski definition) is 6. The topological polar surface area (TPSA) is 94.4 Å². The molecule has 2 aromatic rings. The number of esters is 1. The van der Waals surface area contributed by atoms with Gasteiger partial charge in [-0.05, 0) is 39.3 Å². The van der Waals surface area contributed by atoms with Crippen LogP contribution in [0.25, 0.3) is 0 Å². The Balaban J connectivity index is 2.24. The molecule has 1 aromatic carbocycles. The lowest BCUT2D eigenvalue weighted by atomic mass is 10.1. The Labute approximate surface area is 152 Å². The van der Waals surface area contributed by atoms with Gasteiger partial charge in [-0.15, -0.1) is 0 Å². The van der Waals surface area contributed by atoms with Crippen LogP contribution in [0.2, 0.25) is 0 Å². The van der Waals surface area contributed by atoms with Crippen LogP contribution in [0.5, 0.6) is 0 Å². The van der Waals surface area contributed by atoms with Crippen molar-refractivity contribution in [3.63, 3.8) is 0 Å². The van der Waals surface area contributed by atoms with Gasteiger partial charge in [0.25, 0.3) is 5.69 Å². The van der Waals surface area contributed by atoms with E-state index in [0.29, 0.717) is 12.2 Å². The molecule has 0 saturated heterocycles. The molecule has 1 N–H and O–H groups in total. The lowest BCUT2D eigenvalue weighted by Crippen LogP contribution is -2.38. The fourth-order valence-electron chi connectivity index (χ4n) is 2.42. The minimum atomic E-state index is -0.662. The van der Waals surface area contributed by atoms with Crippen molar-refractivity contribution in [1.82, 2.24) is 4.98 Å². The van der Waals surface area contributed by atoms with Gasteiger partial charge in [0.2, 0.25) is 0 Å². The summed E-state index contributed by atoms with van der Waals surface area (Å²) in [7, 11) is 0. The van der Waals surface area contributed by atoms with Crippen molar-refractivity contribution in [2.24, 2.45) is 0 Å². The summed E-state index contributed by atoms with van der Waals surface area (Å²) in [6.07, 6.45) is 0.410. The number of aryl methyl sites for hydroxylation is 1. The van der Waals surface area contributed by atoms with Crippen LogP contribution in [0.15, 0.2) is 42.5 Å². The van der Waals surface area contributed by atoms with E-state index in [0.717, 1.165) is 5.56 Å². The summed E-state index contributed by atoms with van der Waals surface area (Å²) in [4.78, 5) is 27.2. The van der Waals surface area contributed by atoms with Crippen molar-refractivity contribution in [2.45, 2.75) is 45.8 Å². The fourth-order valence-corrected chi connectivity index (χ4v) is 2.42. The third-order valence-electron chi connectivity index (χ3n) is 3.55. The zero-order chi connectivity index (χ0) is 19.3. The van der Waals surface area contributed by atoms with Gasteiger partial charge in [0.15, 0.2) is 0 Å². The van der Waals surface area contributed by atoms with Crippen LogP contribution >= 0.6 is 0 Å². The first-order chi connectivity index (χ1) is 12.2. The molecule has 138 valence electrons. The fraction of sp³-hybridized carbons (Fsp3) is 0.368. The standard InChI is InChI=1S/C19H23N3O4/c1-13-16(22(24)25)10-11-17(20-13)21-15(18(23)26-19(2,3)4)12-14-8-6-5-7-9-14/h5-11,15H,12H2,1-4H3,(H,20,21)/t15-/m0/s1. The molecule has 26 heavy (non-hydrogen) atoms. The molecule has 0 unspecified atom stereocenters. The average Bonchev–Trinajstić information content (AvgIpc) is 2.53. The molecule has 1 aromatic heterocycles. The summed E-state index contributed by atoms with van der Waals surface area (Å²) in [5, 5.41) is 14.0. The summed E-state index contributed by atoms with van der Waals surface area (Å²) >= 11 is 0. The Hall–Kier alpha value is -2.96. The van der Waals surface area contributed by atoms with Crippen LogP contribution < -0.4 is 5.32 Å². The number of pyridine rings is 1. The predicted molar refractivity (Wildman–Crippen MR) is 99.0 cm³/mol. The first kappa shape index (κ1) is 19.4. The number of carbonyl (C=O) groups excluding carboxylic acids is 1. The van der Waals surface area contributed by atoms with Gasteiger partial charge in [0.05, 0.1) is 4.92 Å². The molecule has 2 rings (SSSR count). The minimum Gasteiger partial charge on any atom is -0.458 e. The van der Waals surface area contributed by atoms with Crippen molar-refractivity contribution in [1.29, 1.82) is 0 Å². The number of hydrogen-bond donors (Lipinski definition) is 1. The second-order valence-electron chi connectivity index (χ2n) is 6.98. The number of ether oxygens (including phenoxy) is 1. The predicted octanol–water partition coefficient (Wildman–Crippen LogP) is 3.66. The normalized spacial score (nSPS) is 12.3. The highest BCUT2D eigenvalue weighted by Crippen LogP contribution is 2.20. The first-order valence-electron chi connectivity index (χ1n) is 8.31. The molecule has 0 fully saturated rings. The van der Waals surface area contributed by atoms with E-state index < -0.39 is 22.5 Å². The number of rotatable bonds is 6. The number of nitrogens with zero attached hydrogens (tertiary/aromatic N) is 2. The highest BCUT2D eigenvalue weighted by atomic mass is 16.6. The molecule has 1 atom stereocenters. The minimum absolute atomic E-state index is 0.0626. The van der Waals surface area contributed by atoms with Crippen LogP contribution in [0.4, 0.5) is 11.5 Å². The molecule has 0 amide bonds. The SMILES string of the molecule is Cc1nc(N[C@@H](Cc2ccccc2)C(=O)OC(C)(C)C)ccc1[N+](=O)[O-]. The number of nitrogens with one attached hydrogen (secondary N) is 1. The largest absolute Gasteiger partial charge is 0.458 e. The molecular weight excluding hydrogens is 334 g/mol. The Kier molecular flexibility index (Phi) is 5.92. The van der Waals surface area contributed by atoms with E-state index in [1.165, 1.54) is 12.1 Å². The van der Waals surface area contributed by atoms with Crippen molar-refractivity contribution < 1.29 is 14.5 Å². The Morgan fingerprint density at radius 3 is 2.42 bits per heavy atom. The molecule has 0 radical (unpaired) electrons. The van der Waals surface area contributed by atoms with Crippen molar-refractivity contribution in [3.05, 3.63) is 63.8 Å². The van der Waals surface area contributed by atoms with Crippen LogP contribution in [0, 0.1) is 17.0 Å². The second kappa shape index (κ2) is 7.95. The first-order valence-corrected chi connectivity index (χ1v) is 8.31. The maximum Gasteiger partial charge on any atom is 0.329 e. The maximum atomic E-state index is 12.6. The van der Waals surface area contributed by atoms with Gasteiger partial charge in [-0.25, -0.2) is 9.78 Å². The highest BCUT2D eigenvalue weighted by molar-refractivity contribution is 5.79. The van der Waals surface area contributed by atoms with Crippen molar-refractivity contribution >= 4 is 17.5 Å². The number of anilines is 1. The zero-order valence-corrected chi connectivity index (χ0v) is 15.4. The molecule has 0 aliphatic heterocycles. The Morgan fingerprint density at radius 2 is 1.88 bits per heavy atom.